The van der Waals surface area contributed by atoms with Gasteiger partial charge >= 0.3 is 0 Å². The standard InChI is InChI=1S/C17H15NS/c1-12-3-7-16-14(11-12)4-5-15(18-16)6-8-17-13(2)9-10-19-17/h3-11H,1-2H3/b8-6+. The summed E-state index contributed by atoms with van der Waals surface area (Å²) in [6.45, 7) is 4.24. The van der Waals surface area contributed by atoms with E-state index in [0.717, 1.165) is 11.2 Å². The molecule has 3 rings (SSSR count). The van der Waals surface area contributed by atoms with E-state index in [1.807, 2.05) is 0 Å². The maximum absolute atomic E-state index is 4.66. The van der Waals surface area contributed by atoms with E-state index >= 15 is 0 Å². The molecule has 2 heterocycles. The molecule has 0 saturated heterocycles. The van der Waals surface area contributed by atoms with Gasteiger partial charge in [-0.3, -0.25) is 0 Å². The number of thiophene rings is 1. The molecular weight excluding hydrogens is 250 g/mol. The predicted molar refractivity (Wildman–Crippen MR) is 84.5 cm³/mol. The molecular formula is C17H15NS. The summed E-state index contributed by atoms with van der Waals surface area (Å²) >= 11 is 1.76. The Bertz CT molecular complexity index is 753. The number of fused-ring (bicyclic) bond motifs is 1. The van der Waals surface area contributed by atoms with Crippen molar-refractivity contribution in [3.05, 3.63) is 63.5 Å². The molecule has 0 bridgehead atoms. The van der Waals surface area contributed by atoms with E-state index in [-0.39, 0.29) is 0 Å². The average Bonchev–Trinajstić information content (AvgIpc) is 2.82. The SMILES string of the molecule is Cc1ccc2nc(/C=C/c3sccc3C)ccc2c1. The van der Waals surface area contributed by atoms with Crippen LogP contribution < -0.4 is 0 Å². The number of rotatable bonds is 2. The second-order valence-corrected chi connectivity index (χ2v) is 5.68. The smallest absolute Gasteiger partial charge is 0.0709 e. The molecule has 0 aliphatic heterocycles. The molecule has 1 nitrogen and oxygen atoms in total. The third-order valence-corrected chi connectivity index (χ3v) is 4.16. The summed E-state index contributed by atoms with van der Waals surface area (Å²) in [5.41, 5.74) is 4.64. The Morgan fingerprint density at radius 1 is 1.00 bits per heavy atom. The lowest BCUT2D eigenvalue weighted by atomic mass is 10.1. The first-order chi connectivity index (χ1) is 9.22. The van der Waals surface area contributed by atoms with Crippen LogP contribution in [0.15, 0.2) is 41.8 Å². The lowest BCUT2D eigenvalue weighted by Gasteiger charge is -2.00. The maximum Gasteiger partial charge on any atom is 0.0709 e. The summed E-state index contributed by atoms with van der Waals surface area (Å²) in [5, 5.41) is 3.32. The van der Waals surface area contributed by atoms with Gasteiger partial charge in [0, 0.05) is 10.3 Å². The van der Waals surface area contributed by atoms with Gasteiger partial charge < -0.3 is 0 Å². The van der Waals surface area contributed by atoms with Gasteiger partial charge in [-0.15, -0.1) is 11.3 Å². The van der Waals surface area contributed by atoms with E-state index in [2.05, 4.69) is 72.8 Å². The number of hydrogen-bond acceptors (Lipinski definition) is 2. The highest BCUT2D eigenvalue weighted by atomic mass is 32.1. The van der Waals surface area contributed by atoms with Gasteiger partial charge in [0.25, 0.3) is 0 Å². The second kappa shape index (κ2) is 4.98. The van der Waals surface area contributed by atoms with Crippen molar-refractivity contribution >= 4 is 34.4 Å². The summed E-state index contributed by atoms with van der Waals surface area (Å²) in [6.07, 6.45) is 4.22. The van der Waals surface area contributed by atoms with Crippen molar-refractivity contribution in [1.82, 2.24) is 4.98 Å². The number of aromatic nitrogens is 1. The van der Waals surface area contributed by atoms with Gasteiger partial charge in [-0.2, -0.15) is 0 Å². The van der Waals surface area contributed by atoms with Gasteiger partial charge in [0.1, 0.15) is 0 Å². The molecule has 19 heavy (non-hydrogen) atoms. The first-order valence-electron chi connectivity index (χ1n) is 6.32. The Morgan fingerprint density at radius 3 is 2.68 bits per heavy atom. The quantitative estimate of drug-likeness (QED) is 0.629. The Hall–Kier alpha value is -1.93. The molecule has 0 saturated carbocycles. The summed E-state index contributed by atoms with van der Waals surface area (Å²) in [4.78, 5) is 5.96. The lowest BCUT2D eigenvalue weighted by molar-refractivity contribution is 1.36. The zero-order chi connectivity index (χ0) is 13.2. The number of nitrogens with zero attached hydrogens (tertiary/aromatic N) is 1. The van der Waals surface area contributed by atoms with Gasteiger partial charge in [-0.25, -0.2) is 4.98 Å². The highest BCUT2D eigenvalue weighted by Gasteiger charge is 1.98. The van der Waals surface area contributed by atoms with Crippen molar-refractivity contribution < 1.29 is 0 Å². The van der Waals surface area contributed by atoms with E-state index < -0.39 is 0 Å². The Kier molecular flexibility index (Phi) is 3.18. The Labute approximate surface area is 117 Å². The van der Waals surface area contributed by atoms with Crippen LogP contribution in [0, 0.1) is 13.8 Å². The molecule has 0 amide bonds. The summed E-state index contributed by atoms with van der Waals surface area (Å²) in [5.74, 6) is 0. The molecule has 0 aliphatic carbocycles. The largest absolute Gasteiger partial charge is 0.248 e. The third-order valence-electron chi connectivity index (χ3n) is 3.17. The molecule has 0 spiro atoms. The van der Waals surface area contributed by atoms with Crippen molar-refractivity contribution in [2.75, 3.05) is 0 Å². The van der Waals surface area contributed by atoms with E-state index in [4.69, 9.17) is 0 Å². The van der Waals surface area contributed by atoms with Crippen LogP contribution in [0.25, 0.3) is 23.1 Å². The zero-order valence-electron chi connectivity index (χ0n) is 11.1. The van der Waals surface area contributed by atoms with E-state index in [1.165, 1.54) is 21.4 Å². The topological polar surface area (TPSA) is 12.9 Å². The van der Waals surface area contributed by atoms with E-state index in [9.17, 15) is 0 Å². The average molecular weight is 265 g/mol. The van der Waals surface area contributed by atoms with Crippen molar-refractivity contribution in [3.8, 4) is 0 Å². The molecule has 0 atom stereocenters. The summed E-state index contributed by atoms with van der Waals surface area (Å²) < 4.78 is 0. The number of pyridine rings is 1. The van der Waals surface area contributed by atoms with Gasteiger partial charge in [-0.1, -0.05) is 17.7 Å². The molecule has 94 valence electrons. The number of hydrogen-bond donors (Lipinski definition) is 0. The van der Waals surface area contributed by atoms with Crippen LogP contribution in [-0.4, -0.2) is 4.98 Å². The molecule has 3 aromatic rings. The maximum atomic E-state index is 4.66. The third kappa shape index (κ3) is 2.59. The van der Waals surface area contributed by atoms with Crippen LogP contribution in [0.4, 0.5) is 0 Å². The minimum absolute atomic E-state index is 1.00. The Balaban J connectivity index is 1.96. The van der Waals surface area contributed by atoms with Crippen LogP contribution >= 0.6 is 11.3 Å². The Morgan fingerprint density at radius 2 is 1.89 bits per heavy atom. The van der Waals surface area contributed by atoms with Crippen molar-refractivity contribution in [2.24, 2.45) is 0 Å². The number of aryl methyl sites for hydroxylation is 2. The molecule has 2 aromatic heterocycles. The van der Waals surface area contributed by atoms with Crippen LogP contribution in [0.2, 0.25) is 0 Å². The highest BCUT2D eigenvalue weighted by Crippen LogP contribution is 2.19. The molecule has 2 heteroatoms. The second-order valence-electron chi connectivity index (χ2n) is 4.73. The minimum atomic E-state index is 1.00. The van der Waals surface area contributed by atoms with Crippen molar-refractivity contribution in [2.45, 2.75) is 13.8 Å². The van der Waals surface area contributed by atoms with Crippen LogP contribution in [0.3, 0.4) is 0 Å². The zero-order valence-corrected chi connectivity index (χ0v) is 11.9. The number of benzene rings is 1. The lowest BCUT2D eigenvalue weighted by Crippen LogP contribution is -1.84. The van der Waals surface area contributed by atoms with Crippen LogP contribution in [0.5, 0.6) is 0 Å². The summed E-state index contributed by atoms with van der Waals surface area (Å²) in [6, 6.07) is 12.7. The van der Waals surface area contributed by atoms with Gasteiger partial charge in [0.05, 0.1) is 11.2 Å². The van der Waals surface area contributed by atoms with Crippen LogP contribution in [-0.2, 0) is 0 Å². The first-order valence-corrected chi connectivity index (χ1v) is 7.20. The molecule has 0 N–H and O–H groups in total. The molecule has 0 fully saturated rings. The molecule has 1 aromatic carbocycles. The highest BCUT2D eigenvalue weighted by molar-refractivity contribution is 7.11. The van der Waals surface area contributed by atoms with Crippen molar-refractivity contribution in [3.63, 3.8) is 0 Å². The normalized spacial score (nSPS) is 11.5. The fourth-order valence-electron chi connectivity index (χ4n) is 2.07. The summed E-state index contributed by atoms with van der Waals surface area (Å²) in [7, 11) is 0. The van der Waals surface area contributed by atoms with Gasteiger partial charge in [-0.05, 0) is 61.2 Å². The van der Waals surface area contributed by atoms with Crippen molar-refractivity contribution in [1.29, 1.82) is 0 Å². The molecule has 0 unspecified atom stereocenters. The molecule has 0 aliphatic rings. The van der Waals surface area contributed by atoms with E-state index in [0.29, 0.717) is 0 Å². The first kappa shape index (κ1) is 12.1. The molecule has 0 radical (unpaired) electrons. The minimum Gasteiger partial charge on any atom is -0.248 e. The van der Waals surface area contributed by atoms with Gasteiger partial charge in [0.15, 0.2) is 0 Å². The fourth-order valence-corrected chi connectivity index (χ4v) is 2.89. The van der Waals surface area contributed by atoms with Crippen LogP contribution in [0.1, 0.15) is 21.7 Å². The van der Waals surface area contributed by atoms with Gasteiger partial charge in [0.2, 0.25) is 0 Å². The monoisotopic (exact) mass is 265 g/mol. The predicted octanol–water partition coefficient (Wildman–Crippen LogP) is 5.08. The van der Waals surface area contributed by atoms with E-state index in [1.54, 1.807) is 11.3 Å². The fraction of sp³-hybridized carbons (Fsp3) is 0.118.